The molecule has 68 valence electrons. The van der Waals surface area contributed by atoms with Crippen LogP contribution in [0.3, 0.4) is 0 Å². The topological polar surface area (TPSA) is 33.6 Å². The van der Waals surface area contributed by atoms with Crippen LogP contribution >= 0.6 is 24.0 Å². The van der Waals surface area contributed by atoms with Crippen LogP contribution in [0.4, 0.5) is 0 Å². The molecule has 1 N–H and O–H groups in total. The SMILES string of the molecule is CCC(CSC)n1cn[nH]c1=S. The highest BCUT2D eigenvalue weighted by molar-refractivity contribution is 7.98. The van der Waals surface area contributed by atoms with E-state index < -0.39 is 0 Å². The highest BCUT2D eigenvalue weighted by atomic mass is 32.2. The number of hydrogen-bond acceptors (Lipinski definition) is 3. The fourth-order valence-corrected chi connectivity index (χ4v) is 2.13. The summed E-state index contributed by atoms with van der Waals surface area (Å²) in [5.74, 6) is 1.09. The predicted octanol–water partition coefficient (Wildman–Crippen LogP) is 2.25. The standard InChI is InChI=1S/C7H13N3S2/c1-3-6(4-12-2)10-5-8-9-7(10)11/h5-6H,3-4H2,1-2H3,(H,9,11). The second-order valence-corrected chi connectivity index (χ2v) is 3.88. The molecule has 0 aliphatic rings. The first-order valence-corrected chi connectivity index (χ1v) is 5.70. The molecule has 1 unspecified atom stereocenters. The molecule has 0 aliphatic carbocycles. The zero-order valence-corrected chi connectivity index (χ0v) is 8.91. The van der Waals surface area contributed by atoms with Crippen molar-refractivity contribution in [1.82, 2.24) is 14.8 Å². The number of hydrogen-bond donors (Lipinski definition) is 1. The van der Waals surface area contributed by atoms with E-state index in [0.717, 1.165) is 16.9 Å². The van der Waals surface area contributed by atoms with Crippen LogP contribution in [0.5, 0.6) is 0 Å². The molecule has 0 saturated carbocycles. The summed E-state index contributed by atoms with van der Waals surface area (Å²) in [7, 11) is 0. The van der Waals surface area contributed by atoms with Crippen LogP contribution in [0.15, 0.2) is 6.33 Å². The average Bonchev–Trinajstić information content (AvgIpc) is 2.47. The number of nitrogens with zero attached hydrogens (tertiary/aromatic N) is 2. The fraction of sp³-hybridized carbons (Fsp3) is 0.714. The largest absolute Gasteiger partial charge is 0.303 e. The number of thioether (sulfide) groups is 1. The normalized spacial score (nSPS) is 13.2. The van der Waals surface area contributed by atoms with Crippen molar-refractivity contribution in [2.75, 3.05) is 12.0 Å². The Bertz CT molecular complexity index is 278. The van der Waals surface area contributed by atoms with E-state index in [2.05, 4.69) is 23.4 Å². The van der Waals surface area contributed by atoms with Crippen LogP contribution in [0.25, 0.3) is 0 Å². The summed E-state index contributed by atoms with van der Waals surface area (Å²) in [4.78, 5) is 0. The monoisotopic (exact) mass is 203 g/mol. The molecule has 1 aromatic heterocycles. The molecule has 0 spiro atoms. The highest BCUT2D eigenvalue weighted by Crippen LogP contribution is 2.15. The van der Waals surface area contributed by atoms with Crippen molar-refractivity contribution in [3.05, 3.63) is 11.1 Å². The number of rotatable bonds is 4. The van der Waals surface area contributed by atoms with Crippen LogP contribution in [0.1, 0.15) is 19.4 Å². The van der Waals surface area contributed by atoms with E-state index in [0.29, 0.717) is 6.04 Å². The van der Waals surface area contributed by atoms with Gasteiger partial charge in [-0.15, -0.1) is 0 Å². The summed E-state index contributed by atoms with van der Waals surface area (Å²) in [5.41, 5.74) is 0. The van der Waals surface area contributed by atoms with E-state index in [1.54, 1.807) is 6.33 Å². The zero-order chi connectivity index (χ0) is 8.97. The van der Waals surface area contributed by atoms with Gasteiger partial charge in [0.25, 0.3) is 0 Å². The minimum atomic E-state index is 0.478. The van der Waals surface area contributed by atoms with Crippen molar-refractivity contribution in [3.8, 4) is 0 Å². The summed E-state index contributed by atoms with van der Waals surface area (Å²) in [5, 5.41) is 6.66. The quantitative estimate of drug-likeness (QED) is 0.762. The lowest BCUT2D eigenvalue weighted by Gasteiger charge is -2.13. The molecule has 0 radical (unpaired) electrons. The Morgan fingerprint density at radius 1 is 1.83 bits per heavy atom. The van der Waals surface area contributed by atoms with Crippen LogP contribution in [0.2, 0.25) is 0 Å². The molecule has 1 rings (SSSR count). The maximum absolute atomic E-state index is 5.08. The first-order chi connectivity index (χ1) is 5.79. The minimum Gasteiger partial charge on any atom is -0.303 e. The van der Waals surface area contributed by atoms with Gasteiger partial charge in [0, 0.05) is 11.8 Å². The van der Waals surface area contributed by atoms with E-state index >= 15 is 0 Å². The van der Waals surface area contributed by atoms with Gasteiger partial charge in [0.15, 0.2) is 4.77 Å². The fourth-order valence-electron chi connectivity index (χ4n) is 1.10. The average molecular weight is 203 g/mol. The lowest BCUT2D eigenvalue weighted by atomic mass is 10.2. The van der Waals surface area contributed by atoms with E-state index in [-0.39, 0.29) is 0 Å². The Morgan fingerprint density at radius 3 is 3.00 bits per heavy atom. The minimum absolute atomic E-state index is 0.478. The molecule has 12 heavy (non-hydrogen) atoms. The maximum Gasteiger partial charge on any atom is 0.195 e. The molecule has 0 bridgehead atoms. The van der Waals surface area contributed by atoms with Gasteiger partial charge in [0.05, 0.1) is 0 Å². The second-order valence-electron chi connectivity index (χ2n) is 2.59. The first-order valence-electron chi connectivity index (χ1n) is 3.90. The van der Waals surface area contributed by atoms with Crippen molar-refractivity contribution in [2.45, 2.75) is 19.4 Å². The van der Waals surface area contributed by atoms with Crippen LogP contribution in [-0.2, 0) is 0 Å². The Kier molecular flexibility index (Phi) is 3.81. The molecule has 1 aromatic rings. The van der Waals surface area contributed by atoms with Crippen molar-refractivity contribution in [2.24, 2.45) is 0 Å². The van der Waals surface area contributed by atoms with Gasteiger partial charge >= 0.3 is 0 Å². The number of aromatic amines is 1. The molecule has 0 aromatic carbocycles. The summed E-state index contributed by atoms with van der Waals surface area (Å²) in [6.07, 6.45) is 4.97. The van der Waals surface area contributed by atoms with E-state index in [9.17, 15) is 0 Å². The Labute approximate surface area is 81.6 Å². The number of aromatic nitrogens is 3. The smallest absolute Gasteiger partial charge is 0.195 e. The molecule has 0 aliphatic heterocycles. The molecule has 1 heterocycles. The summed E-state index contributed by atoms with van der Waals surface area (Å²) in [6, 6.07) is 0.478. The van der Waals surface area contributed by atoms with Gasteiger partial charge in [-0.25, -0.2) is 0 Å². The second kappa shape index (κ2) is 4.67. The third-order valence-corrected chi connectivity index (χ3v) is 2.82. The number of nitrogens with one attached hydrogen (secondary N) is 1. The number of H-pyrrole nitrogens is 1. The van der Waals surface area contributed by atoms with E-state index in [4.69, 9.17) is 12.2 Å². The summed E-state index contributed by atoms with van der Waals surface area (Å²) < 4.78 is 2.74. The highest BCUT2D eigenvalue weighted by Gasteiger charge is 2.07. The van der Waals surface area contributed by atoms with Gasteiger partial charge in [0.1, 0.15) is 6.33 Å². The van der Waals surface area contributed by atoms with Gasteiger partial charge in [0.2, 0.25) is 0 Å². The lowest BCUT2D eigenvalue weighted by Crippen LogP contribution is -2.09. The molecular weight excluding hydrogens is 190 g/mol. The molecule has 0 amide bonds. The molecule has 1 atom stereocenters. The van der Waals surface area contributed by atoms with Crippen LogP contribution in [-0.4, -0.2) is 26.8 Å². The van der Waals surface area contributed by atoms with Crippen LogP contribution in [0, 0.1) is 4.77 Å². The van der Waals surface area contributed by atoms with Gasteiger partial charge in [-0.05, 0) is 24.9 Å². The zero-order valence-electron chi connectivity index (χ0n) is 7.28. The van der Waals surface area contributed by atoms with Crippen molar-refractivity contribution < 1.29 is 0 Å². The summed E-state index contributed by atoms with van der Waals surface area (Å²) in [6.45, 7) is 2.16. The van der Waals surface area contributed by atoms with Gasteiger partial charge in [-0.1, -0.05) is 6.92 Å². The van der Waals surface area contributed by atoms with Crippen molar-refractivity contribution in [1.29, 1.82) is 0 Å². The molecule has 0 fully saturated rings. The third kappa shape index (κ3) is 2.10. The lowest BCUT2D eigenvalue weighted by molar-refractivity contribution is 0.532. The van der Waals surface area contributed by atoms with E-state index in [1.807, 2.05) is 16.3 Å². The van der Waals surface area contributed by atoms with Gasteiger partial charge in [-0.2, -0.15) is 16.9 Å². The van der Waals surface area contributed by atoms with E-state index in [1.165, 1.54) is 0 Å². The van der Waals surface area contributed by atoms with Gasteiger partial charge in [-0.3, -0.25) is 5.10 Å². The Balaban J connectivity index is 2.79. The van der Waals surface area contributed by atoms with Crippen molar-refractivity contribution in [3.63, 3.8) is 0 Å². The summed E-state index contributed by atoms with van der Waals surface area (Å²) >= 11 is 6.91. The Morgan fingerprint density at radius 2 is 2.58 bits per heavy atom. The maximum atomic E-state index is 5.08. The Hall–Kier alpha value is -0.290. The molecule has 5 heteroatoms. The van der Waals surface area contributed by atoms with Gasteiger partial charge < -0.3 is 4.57 Å². The van der Waals surface area contributed by atoms with Crippen LogP contribution < -0.4 is 0 Å². The molecule has 3 nitrogen and oxygen atoms in total. The molecular formula is C7H13N3S2. The molecule has 0 saturated heterocycles. The first kappa shape index (κ1) is 9.80. The third-order valence-electron chi connectivity index (χ3n) is 1.80. The predicted molar refractivity (Wildman–Crippen MR) is 55.1 cm³/mol. The van der Waals surface area contributed by atoms with Crippen molar-refractivity contribution >= 4 is 24.0 Å².